The Labute approximate surface area is 141 Å². The Hall–Kier alpha value is -2.82. The van der Waals surface area contributed by atoms with Crippen LogP contribution in [0.3, 0.4) is 0 Å². The van der Waals surface area contributed by atoms with Crippen molar-refractivity contribution in [1.29, 1.82) is 0 Å². The van der Waals surface area contributed by atoms with E-state index in [1.807, 2.05) is 30.3 Å². The van der Waals surface area contributed by atoms with Gasteiger partial charge in [-0.25, -0.2) is 0 Å². The number of carbonyl (C=O) groups is 2. The zero-order chi connectivity index (χ0) is 17.4. The molecule has 0 aliphatic carbocycles. The number of anilines is 1. The maximum absolute atomic E-state index is 12.1. The quantitative estimate of drug-likeness (QED) is 0.793. The number of ether oxygens (including phenoxy) is 2. The van der Waals surface area contributed by atoms with Gasteiger partial charge >= 0.3 is 5.97 Å². The van der Waals surface area contributed by atoms with Crippen molar-refractivity contribution in [3.05, 3.63) is 60.2 Å². The molecule has 1 amide bonds. The summed E-state index contributed by atoms with van der Waals surface area (Å²) in [6.07, 6.45) is -0.0375. The normalized spacial score (nSPS) is 11.4. The van der Waals surface area contributed by atoms with Crippen molar-refractivity contribution in [2.24, 2.45) is 0 Å². The van der Waals surface area contributed by atoms with E-state index in [0.717, 1.165) is 5.56 Å². The summed E-state index contributed by atoms with van der Waals surface area (Å²) in [5.41, 5.74) is 1.65. The van der Waals surface area contributed by atoms with E-state index in [9.17, 15) is 9.59 Å². The van der Waals surface area contributed by atoms with Crippen molar-refractivity contribution in [2.45, 2.75) is 25.9 Å². The van der Waals surface area contributed by atoms with E-state index in [1.165, 1.54) is 0 Å². The third kappa shape index (κ3) is 5.43. The number of hydrogen-bond acceptors (Lipinski definition) is 4. The first-order valence-electron chi connectivity index (χ1n) is 7.77. The van der Waals surface area contributed by atoms with Gasteiger partial charge in [0.25, 0.3) is 5.91 Å². The van der Waals surface area contributed by atoms with Crippen molar-refractivity contribution in [1.82, 2.24) is 0 Å². The van der Waals surface area contributed by atoms with Crippen LogP contribution in [0.5, 0.6) is 5.75 Å². The molecule has 0 saturated carbocycles. The molecule has 1 N–H and O–H groups in total. The minimum atomic E-state index is -0.862. The molecule has 0 aliphatic heterocycles. The zero-order valence-electron chi connectivity index (χ0n) is 13.8. The molecule has 0 heterocycles. The number of carbonyl (C=O) groups excluding carboxylic acids is 2. The lowest BCUT2D eigenvalue weighted by Gasteiger charge is -2.14. The van der Waals surface area contributed by atoms with Gasteiger partial charge in [0.05, 0.1) is 7.11 Å². The molecule has 5 heteroatoms. The molecular weight excluding hydrogens is 306 g/mol. The Kier molecular flexibility index (Phi) is 6.37. The third-order valence-electron chi connectivity index (χ3n) is 3.48. The second-order valence-electron chi connectivity index (χ2n) is 5.34. The van der Waals surface area contributed by atoms with Gasteiger partial charge < -0.3 is 14.8 Å². The van der Waals surface area contributed by atoms with E-state index in [2.05, 4.69) is 5.32 Å². The van der Waals surface area contributed by atoms with Gasteiger partial charge in [-0.2, -0.15) is 0 Å². The lowest BCUT2D eigenvalue weighted by molar-refractivity contribution is -0.153. The largest absolute Gasteiger partial charge is 0.497 e. The van der Waals surface area contributed by atoms with Crippen molar-refractivity contribution < 1.29 is 19.1 Å². The van der Waals surface area contributed by atoms with E-state index in [0.29, 0.717) is 17.9 Å². The second kappa shape index (κ2) is 8.72. The van der Waals surface area contributed by atoms with E-state index in [-0.39, 0.29) is 12.3 Å². The Balaban J connectivity index is 1.81. The molecule has 0 saturated heterocycles. The van der Waals surface area contributed by atoms with Gasteiger partial charge in [0.1, 0.15) is 5.75 Å². The fourth-order valence-corrected chi connectivity index (χ4v) is 2.15. The zero-order valence-corrected chi connectivity index (χ0v) is 13.8. The number of esters is 1. The van der Waals surface area contributed by atoms with Gasteiger partial charge in [-0.3, -0.25) is 9.59 Å². The van der Waals surface area contributed by atoms with Crippen LogP contribution < -0.4 is 10.1 Å². The van der Waals surface area contributed by atoms with Crippen LogP contribution in [-0.2, 0) is 20.7 Å². The van der Waals surface area contributed by atoms with Gasteiger partial charge in [0.15, 0.2) is 6.10 Å². The summed E-state index contributed by atoms with van der Waals surface area (Å²) in [5, 5.41) is 2.70. The molecule has 0 aliphatic rings. The molecule has 0 spiro atoms. The highest BCUT2D eigenvalue weighted by Gasteiger charge is 2.18. The molecule has 0 bridgehead atoms. The highest BCUT2D eigenvalue weighted by molar-refractivity contribution is 5.95. The van der Waals surface area contributed by atoms with E-state index in [4.69, 9.17) is 9.47 Å². The molecule has 2 aromatic carbocycles. The molecule has 1 atom stereocenters. The Morgan fingerprint density at radius 1 is 1.08 bits per heavy atom. The summed E-state index contributed by atoms with van der Waals surface area (Å²) >= 11 is 0. The number of benzene rings is 2. The molecular formula is C19H21NO4. The lowest BCUT2D eigenvalue weighted by atomic mass is 10.1. The molecule has 2 rings (SSSR count). The summed E-state index contributed by atoms with van der Waals surface area (Å²) in [6.45, 7) is 1.55. The van der Waals surface area contributed by atoms with Gasteiger partial charge in [0.2, 0.25) is 0 Å². The molecule has 24 heavy (non-hydrogen) atoms. The van der Waals surface area contributed by atoms with Crippen LogP contribution in [0.4, 0.5) is 5.69 Å². The number of methoxy groups -OCH3 is 1. The molecule has 5 nitrogen and oxygen atoms in total. The Morgan fingerprint density at radius 3 is 2.54 bits per heavy atom. The van der Waals surface area contributed by atoms with Gasteiger partial charge in [-0.15, -0.1) is 0 Å². The van der Waals surface area contributed by atoms with E-state index < -0.39 is 12.1 Å². The number of aryl methyl sites for hydroxylation is 1. The van der Waals surface area contributed by atoms with Crippen LogP contribution in [-0.4, -0.2) is 25.1 Å². The van der Waals surface area contributed by atoms with Crippen molar-refractivity contribution >= 4 is 17.6 Å². The van der Waals surface area contributed by atoms with Crippen molar-refractivity contribution in [2.75, 3.05) is 12.4 Å². The average molecular weight is 327 g/mol. The number of hydrogen-bond donors (Lipinski definition) is 1. The maximum Gasteiger partial charge on any atom is 0.306 e. The van der Waals surface area contributed by atoms with Crippen molar-refractivity contribution in [3.8, 4) is 5.75 Å². The molecule has 0 fully saturated rings. The summed E-state index contributed by atoms with van der Waals surface area (Å²) < 4.78 is 10.3. The third-order valence-corrected chi connectivity index (χ3v) is 3.48. The first kappa shape index (κ1) is 17.5. The number of amides is 1. The van der Waals surface area contributed by atoms with Crippen LogP contribution in [0.15, 0.2) is 54.6 Å². The standard InChI is InChI=1S/C19H21NO4/c1-14(19(22)20-16-9-6-10-17(13-16)23-2)24-18(21)12-11-15-7-4-3-5-8-15/h3-10,13-14H,11-12H2,1-2H3,(H,20,22)/t14-/m0/s1. The predicted octanol–water partition coefficient (Wildman–Crippen LogP) is 3.20. The number of rotatable bonds is 7. The van der Waals surface area contributed by atoms with E-state index in [1.54, 1.807) is 38.3 Å². The molecule has 2 aromatic rings. The first-order valence-corrected chi connectivity index (χ1v) is 7.77. The fraction of sp³-hybridized carbons (Fsp3) is 0.263. The summed E-state index contributed by atoms with van der Waals surface area (Å²) in [5.74, 6) is -0.135. The SMILES string of the molecule is COc1cccc(NC(=O)[C@H](C)OC(=O)CCc2ccccc2)c1. The fourth-order valence-electron chi connectivity index (χ4n) is 2.15. The van der Waals surface area contributed by atoms with Crippen LogP contribution in [0.1, 0.15) is 18.9 Å². The molecule has 0 aromatic heterocycles. The monoisotopic (exact) mass is 327 g/mol. The van der Waals surface area contributed by atoms with Crippen LogP contribution in [0, 0.1) is 0 Å². The molecule has 0 unspecified atom stereocenters. The second-order valence-corrected chi connectivity index (χ2v) is 5.34. The van der Waals surface area contributed by atoms with Crippen LogP contribution in [0.25, 0.3) is 0 Å². The average Bonchev–Trinajstić information content (AvgIpc) is 2.61. The van der Waals surface area contributed by atoms with Gasteiger partial charge in [0, 0.05) is 18.2 Å². The maximum atomic E-state index is 12.1. The first-order chi connectivity index (χ1) is 11.6. The van der Waals surface area contributed by atoms with Crippen LogP contribution in [0.2, 0.25) is 0 Å². The Morgan fingerprint density at radius 2 is 1.83 bits per heavy atom. The highest BCUT2D eigenvalue weighted by atomic mass is 16.5. The minimum absolute atomic E-state index is 0.237. The minimum Gasteiger partial charge on any atom is -0.497 e. The summed E-state index contributed by atoms with van der Waals surface area (Å²) in [4.78, 5) is 24.0. The summed E-state index contributed by atoms with van der Waals surface area (Å²) in [6, 6.07) is 16.7. The van der Waals surface area contributed by atoms with E-state index >= 15 is 0 Å². The highest BCUT2D eigenvalue weighted by Crippen LogP contribution is 2.17. The predicted molar refractivity (Wildman–Crippen MR) is 91.9 cm³/mol. The molecule has 126 valence electrons. The lowest BCUT2D eigenvalue weighted by Crippen LogP contribution is -2.30. The van der Waals surface area contributed by atoms with Gasteiger partial charge in [-0.1, -0.05) is 36.4 Å². The van der Waals surface area contributed by atoms with Crippen LogP contribution >= 0.6 is 0 Å². The van der Waals surface area contributed by atoms with Gasteiger partial charge in [-0.05, 0) is 31.0 Å². The van der Waals surface area contributed by atoms with Crippen molar-refractivity contribution in [3.63, 3.8) is 0 Å². The topological polar surface area (TPSA) is 64.6 Å². The molecule has 0 radical (unpaired) electrons. The smallest absolute Gasteiger partial charge is 0.306 e. The number of nitrogens with one attached hydrogen (secondary N) is 1. The Bertz CT molecular complexity index is 685. The summed E-state index contributed by atoms with van der Waals surface area (Å²) in [7, 11) is 1.55.